The summed E-state index contributed by atoms with van der Waals surface area (Å²) < 4.78 is 27.6. The molecule has 24 heavy (non-hydrogen) atoms. The summed E-state index contributed by atoms with van der Waals surface area (Å²) in [5.74, 6) is 0.0134. The van der Waals surface area contributed by atoms with Crippen LogP contribution in [-0.4, -0.2) is 60.5 Å². The number of carbonyl (C=O) groups is 1. The molecule has 1 saturated heterocycles. The Morgan fingerprint density at radius 2 is 1.79 bits per heavy atom. The number of sulfonamides is 1. The number of benzene rings is 1. The number of rotatable bonds is 3. The fraction of sp³-hybridized carbons (Fsp3) is 0.438. The Kier molecular flexibility index (Phi) is 4.72. The number of piperazine rings is 1. The molecule has 0 aliphatic carbocycles. The van der Waals surface area contributed by atoms with Crippen LogP contribution in [0.15, 0.2) is 28.7 Å². The summed E-state index contributed by atoms with van der Waals surface area (Å²) in [6, 6.07) is 7.96. The van der Waals surface area contributed by atoms with Gasteiger partial charge in [0.1, 0.15) is 6.54 Å². The van der Waals surface area contributed by atoms with Gasteiger partial charge in [0.2, 0.25) is 15.9 Å². The molecule has 0 saturated carbocycles. The highest BCUT2D eigenvalue weighted by atomic mass is 79.9. The molecule has 1 aromatic heterocycles. The maximum absolute atomic E-state index is 12.7. The average Bonchev–Trinajstić information content (AvgIpc) is 2.79. The number of hydrogen-bond acceptors (Lipinski definition) is 3. The smallest absolute Gasteiger partial charge is 0.242 e. The fourth-order valence-electron chi connectivity index (χ4n) is 3.10. The predicted octanol–water partition coefficient (Wildman–Crippen LogP) is 1.82. The van der Waals surface area contributed by atoms with E-state index >= 15 is 0 Å². The van der Waals surface area contributed by atoms with Crippen LogP contribution < -0.4 is 0 Å². The number of para-hydroxylation sites is 1. The van der Waals surface area contributed by atoms with Crippen molar-refractivity contribution in [2.75, 3.05) is 32.4 Å². The molecular weight excluding hydrogens is 394 g/mol. The van der Waals surface area contributed by atoms with Gasteiger partial charge in [-0.05, 0) is 28.9 Å². The number of halogens is 1. The molecule has 1 aliphatic rings. The van der Waals surface area contributed by atoms with Crippen LogP contribution in [0.2, 0.25) is 0 Å². The predicted molar refractivity (Wildman–Crippen MR) is 97.4 cm³/mol. The second kappa shape index (κ2) is 6.50. The van der Waals surface area contributed by atoms with Crippen LogP contribution in [0.4, 0.5) is 0 Å². The highest BCUT2D eigenvalue weighted by molar-refractivity contribution is 9.10. The summed E-state index contributed by atoms with van der Waals surface area (Å²) in [6.07, 6.45) is 1.21. The van der Waals surface area contributed by atoms with E-state index in [0.717, 1.165) is 21.1 Å². The van der Waals surface area contributed by atoms with Crippen molar-refractivity contribution < 1.29 is 13.2 Å². The van der Waals surface area contributed by atoms with Gasteiger partial charge >= 0.3 is 0 Å². The molecule has 0 N–H and O–H groups in total. The van der Waals surface area contributed by atoms with Gasteiger partial charge in [0.15, 0.2) is 0 Å². The Labute approximate surface area is 150 Å². The Bertz CT molecular complexity index is 883. The standard InChI is InChI=1S/C16H20BrN3O3S/c1-12-16(17)13-5-3-4-6-14(13)20(12)11-15(21)18-7-9-19(10-8-18)24(2,22)23/h3-6H,7-11H2,1-2H3. The molecule has 0 bridgehead atoms. The number of nitrogens with zero attached hydrogens (tertiary/aromatic N) is 3. The molecule has 8 heteroatoms. The van der Waals surface area contributed by atoms with Gasteiger partial charge in [0, 0.05) is 47.2 Å². The van der Waals surface area contributed by atoms with Gasteiger partial charge in [-0.15, -0.1) is 0 Å². The zero-order valence-electron chi connectivity index (χ0n) is 13.7. The summed E-state index contributed by atoms with van der Waals surface area (Å²) in [5.41, 5.74) is 2.03. The van der Waals surface area contributed by atoms with Crippen molar-refractivity contribution in [2.45, 2.75) is 13.5 Å². The highest BCUT2D eigenvalue weighted by Gasteiger charge is 2.26. The number of hydrogen-bond donors (Lipinski definition) is 0. The monoisotopic (exact) mass is 413 g/mol. The van der Waals surface area contributed by atoms with Gasteiger partial charge in [-0.3, -0.25) is 4.79 Å². The summed E-state index contributed by atoms with van der Waals surface area (Å²) in [7, 11) is -3.18. The van der Waals surface area contributed by atoms with Gasteiger partial charge in [0.25, 0.3) is 0 Å². The summed E-state index contributed by atoms with van der Waals surface area (Å²) >= 11 is 3.60. The molecule has 130 valence electrons. The van der Waals surface area contributed by atoms with E-state index in [1.54, 1.807) is 4.90 Å². The van der Waals surface area contributed by atoms with E-state index in [4.69, 9.17) is 0 Å². The van der Waals surface area contributed by atoms with Crippen LogP contribution in [0.5, 0.6) is 0 Å². The minimum Gasteiger partial charge on any atom is -0.339 e. The van der Waals surface area contributed by atoms with Crippen LogP contribution in [-0.2, 0) is 21.4 Å². The van der Waals surface area contributed by atoms with E-state index in [1.165, 1.54) is 10.6 Å². The van der Waals surface area contributed by atoms with Gasteiger partial charge in [0.05, 0.1) is 6.26 Å². The minimum absolute atomic E-state index is 0.0134. The summed E-state index contributed by atoms with van der Waals surface area (Å²) in [5, 5.41) is 1.09. The molecule has 1 amide bonds. The fourth-order valence-corrected chi connectivity index (χ4v) is 4.47. The molecule has 3 rings (SSSR count). The minimum atomic E-state index is -3.18. The van der Waals surface area contributed by atoms with Crippen LogP contribution >= 0.6 is 15.9 Å². The normalized spacial score (nSPS) is 16.7. The van der Waals surface area contributed by atoms with Crippen LogP contribution in [0.1, 0.15) is 5.69 Å². The molecule has 0 spiro atoms. The van der Waals surface area contributed by atoms with E-state index in [2.05, 4.69) is 15.9 Å². The third kappa shape index (κ3) is 3.22. The molecule has 0 radical (unpaired) electrons. The molecule has 0 atom stereocenters. The lowest BCUT2D eigenvalue weighted by molar-refractivity contribution is -0.132. The quantitative estimate of drug-likeness (QED) is 0.770. The van der Waals surface area contributed by atoms with E-state index in [0.29, 0.717) is 26.2 Å². The Morgan fingerprint density at radius 3 is 2.42 bits per heavy atom. The maximum atomic E-state index is 12.7. The molecule has 2 aromatic rings. The molecular formula is C16H20BrN3O3S. The molecule has 1 aromatic carbocycles. The first kappa shape index (κ1) is 17.4. The Balaban J connectivity index is 1.76. The lowest BCUT2D eigenvalue weighted by atomic mass is 10.2. The van der Waals surface area contributed by atoms with Crippen molar-refractivity contribution >= 4 is 42.8 Å². The van der Waals surface area contributed by atoms with Gasteiger partial charge in [-0.25, -0.2) is 8.42 Å². The van der Waals surface area contributed by atoms with Crippen LogP contribution in [0, 0.1) is 6.92 Å². The topological polar surface area (TPSA) is 62.6 Å². The number of carbonyl (C=O) groups excluding carboxylic acids is 1. The first-order valence-corrected chi connectivity index (χ1v) is 10.4. The first-order chi connectivity index (χ1) is 11.3. The van der Waals surface area contributed by atoms with Gasteiger partial charge in [-0.2, -0.15) is 4.31 Å². The van der Waals surface area contributed by atoms with Crippen molar-refractivity contribution in [3.63, 3.8) is 0 Å². The molecule has 1 fully saturated rings. The van der Waals surface area contributed by atoms with Crippen molar-refractivity contribution in [3.05, 3.63) is 34.4 Å². The summed E-state index contributed by atoms with van der Waals surface area (Å²) in [6.45, 7) is 3.84. The molecule has 0 unspecified atom stereocenters. The van der Waals surface area contributed by atoms with Crippen molar-refractivity contribution in [3.8, 4) is 0 Å². The third-order valence-electron chi connectivity index (χ3n) is 4.51. The second-order valence-electron chi connectivity index (χ2n) is 6.05. The molecule has 2 heterocycles. The number of fused-ring (bicyclic) bond motifs is 1. The van der Waals surface area contributed by atoms with Crippen molar-refractivity contribution in [2.24, 2.45) is 0 Å². The van der Waals surface area contributed by atoms with Crippen LogP contribution in [0.25, 0.3) is 10.9 Å². The zero-order valence-corrected chi connectivity index (χ0v) is 16.1. The van der Waals surface area contributed by atoms with Gasteiger partial charge < -0.3 is 9.47 Å². The highest BCUT2D eigenvalue weighted by Crippen LogP contribution is 2.30. The van der Waals surface area contributed by atoms with E-state index in [1.807, 2.05) is 35.8 Å². The third-order valence-corrected chi connectivity index (χ3v) is 6.81. The van der Waals surface area contributed by atoms with Gasteiger partial charge in [-0.1, -0.05) is 18.2 Å². The number of aromatic nitrogens is 1. The largest absolute Gasteiger partial charge is 0.339 e. The maximum Gasteiger partial charge on any atom is 0.242 e. The molecule has 1 aliphatic heterocycles. The van der Waals surface area contributed by atoms with Crippen molar-refractivity contribution in [1.29, 1.82) is 0 Å². The lowest BCUT2D eigenvalue weighted by Crippen LogP contribution is -2.51. The zero-order chi connectivity index (χ0) is 17.5. The Morgan fingerprint density at radius 1 is 1.17 bits per heavy atom. The van der Waals surface area contributed by atoms with Crippen LogP contribution in [0.3, 0.4) is 0 Å². The first-order valence-electron chi connectivity index (χ1n) is 7.75. The second-order valence-corrected chi connectivity index (χ2v) is 8.82. The average molecular weight is 414 g/mol. The van der Waals surface area contributed by atoms with Crippen molar-refractivity contribution in [1.82, 2.24) is 13.8 Å². The van der Waals surface area contributed by atoms with E-state index in [9.17, 15) is 13.2 Å². The number of amides is 1. The lowest BCUT2D eigenvalue weighted by Gasteiger charge is -2.33. The SMILES string of the molecule is Cc1c(Br)c2ccccc2n1CC(=O)N1CCN(S(C)(=O)=O)CC1. The van der Waals surface area contributed by atoms with E-state index < -0.39 is 10.0 Å². The Hall–Kier alpha value is -1.38. The molecule has 6 nitrogen and oxygen atoms in total. The summed E-state index contributed by atoms with van der Waals surface area (Å²) in [4.78, 5) is 14.4. The van der Waals surface area contributed by atoms with E-state index in [-0.39, 0.29) is 12.5 Å².